The van der Waals surface area contributed by atoms with E-state index in [1.165, 1.54) is 31.2 Å². The molecule has 3 unspecified atom stereocenters. The predicted molar refractivity (Wildman–Crippen MR) is 86.6 cm³/mol. The molecule has 4 heteroatoms. The van der Waals surface area contributed by atoms with Crippen LogP contribution in [0, 0.1) is 11.8 Å². The third kappa shape index (κ3) is 3.74. The van der Waals surface area contributed by atoms with Gasteiger partial charge < -0.3 is 4.74 Å². The summed E-state index contributed by atoms with van der Waals surface area (Å²) in [6.45, 7) is 2.29. The zero-order valence-electron chi connectivity index (χ0n) is 12.4. The molecule has 0 aromatic heterocycles. The number of benzene rings is 1. The van der Waals surface area contributed by atoms with Gasteiger partial charge in [0.15, 0.2) is 0 Å². The Kier molecular flexibility index (Phi) is 5.87. The van der Waals surface area contributed by atoms with Gasteiger partial charge in [0, 0.05) is 6.04 Å². The van der Waals surface area contributed by atoms with Gasteiger partial charge in [0.25, 0.3) is 0 Å². The van der Waals surface area contributed by atoms with E-state index in [4.69, 9.17) is 10.6 Å². The Balaban J connectivity index is 2.01. The van der Waals surface area contributed by atoms with Gasteiger partial charge in [0.2, 0.25) is 0 Å². The molecule has 20 heavy (non-hydrogen) atoms. The van der Waals surface area contributed by atoms with Crippen molar-refractivity contribution in [2.45, 2.75) is 45.1 Å². The summed E-state index contributed by atoms with van der Waals surface area (Å²) in [5.41, 5.74) is 4.33. The Morgan fingerprint density at radius 2 is 2.25 bits per heavy atom. The first-order valence-electron chi connectivity index (χ1n) is 7.46. The molecule has 3 atom stereocenters. The van der Waals surface area contributed by atoms with Crippen molar-refractivity contribution in [1.82, 2.24) is 5.43 Å². The summed E-state index contributed by atoms with van der Waals surface area (Å²) in [6.07, 6.45) is 6.22. The molecule has 1 aliphatic rings. The second-order valence-electron chi connectivity index (χ2n) is 5.79. The first-order valence-corrected chi connectivity index (χ1v) is 8.25. The summed E-state index contributed by atoms with van der Waals surface area (Å²) < 4.78 is 6.28. The minimum Gasteiger partial charge on any atom is -0.496 e. The van der Waals surface area contributed by atoms with Crippen LogP contribution in [0.3, 0.4) is 0 Å². The molecule has 1 fully saturated rings. The summed E-state index contributed by atoms with van der Waals surface area (Å²) in [7, 11) is 1.69. The molecule has 0 spiro atoms. The lowest BCUT2D eigenvalue weighted by atomic mass is 9.91. The Morgan fingerprint density at radius 3 is 2.80 bits per heavy atom. The van der Waals surface area contributed by atoms with Crippen LogP contribution in [0.25, 0.3) is 0 Å². The van der Waals surface area contributed by atoms with Crippen molar-refractivity contribution in [2.24, 2.45) is 17.7 Å². The summed E-state index contributed by atoms with van der Waals surface area (Å²) >= 11 is 3.55. The molecule has 2 rings (SSSR count). The number of hydrogen-bond donors (Lipinski definition) is 2. The normalized spacial score (nSPS) is 23.8. The summed E-state index contributed by atoms with van der Waals surface area (Å²) in [4.78, 5) is 0. The molecular formula is C16H25BrN2O. The fourth-order valence-electron chi connectivity index (χ4n) is 3.30. The number of methoxy groups -OCH3 is 1. The van der Waals surface area contributed by atoms with E-state index in [1.54, 1.807) is 7.11 Å². The molecule has 1 saturated carbocycles. The van der Waals surface area contributed by atoms with E-state index in [1.807, 2.05) is 6.07 Å². The largest absolute Gasteiger partial charge is 0.496 e. The SMILES string of the molecule is CCC1CCC(C(Cc2ccc(OC)c(Br)c2)NN)C1. The maximum atomic E-state index is 5.80. The van der Waals surface area contributed by atoms with Gasteiger partial charge in [-0.1, -0.05) is 25.8 Å². The van der Waals surface area contributed by atoms with Crippen LogP contribution in [-0.4, -0.2) is 13.2 Å². The zero-order valence-corrected chi connectivity index (χ0v) is 13.9. The molecule has 0 heterocycles. The molecule has 3 nitrogen and oxygen atoms in total. The Morgan fingerprint density at radius 1 is 1.45 bits per heavy atom. The molecule has 1 aromatic carbocycles. The smallest absolute Gasteiger partial charge is 0.133 e. The molecule has 0 saturated heterocycles. The molecule has 0 radical (unpaired) electrons. The third-order valence-electron chi connectivity index (χ3n) is 4.61. The van der Waals surface area contributed by atoms with Gasteiger partial charge in [-0.15, -0.1) is 0 Å². The highest BCUT2D eigenvalue weighted by Crippen LogP contribution is 2.36. The van der Waals surface area contributed by atoms with Crippen molar-refractivity contribution < 1.29 is 4.74 Å². The van der Waals surface area contributed by atoms with Crippen molar-refractivity contribution in [3.63, 3.8) is 0 Å². The minimum atomic E-state index is 0.367. The highest BCUT2D eigenvalue weighted by molar-refractivity contribution is 9.10. The van der Waals surface area contributed by atoms with Crippen LogP contribution in [-0.2, 0) is 6.42 Å². The minimum absolute atomic E-state index is 0.367. The van der Waals surface area contributed by atoms with Crippen molar-refractivity contribution >= 4 is 15.9 Å². The highest BCUT2D eigenvalue weighted by atomic mass is 79.9. The Bertz CT molecular complexity index is 438. The monoisotopic (exact) mass is 340 g/mol. The molecule has 1 aliphatic carbocycles. The quantitative estimate of drug-likeness (QED) is 0.613. The number of nitrogens with one attached hydrogen (secondary N) is 1. The van der Waals surface area contributed by atoms with E-state index >= 15 is 0 Å². The lowest BCUT2D eigenvalue weighted by molar-refractivity contribution is 0.347. The van der Waals surface area contributed by atoms with Crippen LogP contribution in [0.15, 0.2) is 22.7 Å². The zero-order chi connectivity index (χ0) is 14.5. The van der Waals surface area contributed by atoms with Crippen molar-refractivity contribution in [3.8, 4) is 5.75 Å². The van der Waals surface area contributed by atoms with Crippen LogP contribution < -0.4 is 16.0 Å². The standard InChI is InChI=1S/C16H25BrN2O/c1-3-11-4-6-13(8-11)15(19-18)10-12-5-7-16(20-2)14(17)9-12/h5,7,9,11,13,15,19H,3-4,6,8,10,18H2,1-2H3. The van der Waals surface area contributed by atoms with Crippen molar-refractivity contribution in [3.05, 3.63) is 28.2 Å². The van der Waals surface area contributed by atoms with Gasteiger partial charge in [-0.2, -0.15) is 0 Å². The number of hydrogen-bond acceptors (Lipinski definition) is 3. The van der Waals surface area contributed by atoms with Crippen LogP contribution >= 0.6 is 15.9 Å². The van der Waals surface area contributed by atoms with Gasteiger partial charge in [-0.3, -0.25) is 11.3 Å². The average molecular weight is 341 g/mol. The number of rotatable bonds is 6. The fourth-order valence-corrected chi connectivity index (χ4v) is 3.89. The molecule has 112 valence electrons. The highest BCUT2D eigenvalue weighted by Gasteiger charge is 2.29. The Labute approximate surface area is 130 Å². The van der Waals surface area contributed by atoms with Gasteiger partial charge in [-0.05, 0) is 64.7 Å². The van der Waals surface area contributed by atoms with E-state index in [0.29, 0.717) is 12.0 Å². The summed E-state index contributed by atoms with van der Waals surface area (Å²) in [6, 6.07) is 6.64. The Hall–Kier alpha value is -0.580. The first kappa shape index (κ1) is 15.8. The predicted octanol–water partition coefficient (Wildman–Crippen LogP) is 3.66. The van der Waals surface area contributed by atoms with Crippen molar-refractivity contribution in [1.29, 1.82) is 0 Å². The van der Waals surface area contributed by atoms with Crippen LogP contribution in [0.5, 0.6) is 5.75 Å². The van der Waals surface area contributed by atoms with E-state index in [0.717, 1.165) is 22.6 Å². The third-order valence-corrected chi connectivity index (χ3v) is 5.23. The average Bonchev–Trinajstić information content (AvgIpc) is 2.93. The lowest BCUT2D eigenvalue weighted by Crippen LogP contribution is -2.41. The van der Waals surface area contributed by atoms with Gasteiger partial charge >= 0.3 is 0 Å². The topological polar surface area (TPSA) is 47.3 Å². The van der Waals surface area contributed by atoms with Gasteiger partial charge in [0.1, 0.15) is 5.75 Å². The number of nitrogens with two attached hydrogens (primary N) is 1. The molecular weight excluding hydrogens is 316 g/mol. The number of halogens is 1. The fraction of sp³-hybridized carbons (Fsp3) is 0.625. The summed E-state index contributed by atoms with van der Waals surface area (Å²) in [5.74, 6) is 8.26. The first-order chi connectivity index (χ1) is 9.67. The number of ether oxygens (including phenoxy) is 1. The number of hydrazine groups is 1. The second kappa shape index (κ2) is 7.43. The maximum Gasteiger partial charge on any atom is 0.133 e. The molecule has 0 aliphatic heterocycles. The molecule has 3 N–H and O–H groups in total. The van der Waals surface area contributed by atoms with E-state index < -0.39 is 0 Å². The summed E-state index contributed by atoms with van der Waals surface area (Å²) in [5, 5.41) is 0. The van der Waals surface area contributed by atoms with Crippen molar-refractivity contribution in [2.75, 3.05) is 7.11 Å². The maximum absolute atomic E-state index is 5.80. The van der Waals surface area contributed by atoms with Gasteiger partial charge in [0.05, 0.1) is 11.6 Å². The van der Waals surface area contributed by atoms with E-state index in [2.05, 4.69) is 40.4 Å². The lowest BCUT2D eigenvalue weighted by Gasteiger charge is -2.23. The van der Waals surface area contributed by atoms with E-state index in [9.17, 15) is 0 Å². The molecule has 1 aromatic rings. The van der Waals surface area contributed by atoms with E-state index in [-0.39, 0.29) is 0 Å². The molecule has 0 amide bonds. The van der Waals surface area contributed by atoms with Gasteiger partial charge in [-0.25, -0.2) is 0 Å². The molecule has 0 bridgehead atoms. The van der Waals surface area contributed by atoms with Crippen LogP contribution in [0.1, 0.15) is 38.2 Å². The second-order valence-corrected chi connectivity index (χ2v) is 6.65. The van der Waals surface area contributed by atoms with Crippen LogP contribution in [0.2, 0.25) is 0 Å². The van der Waals surface area contributed by atoms with Crippen LogP contribution in [0.4, 0.5) is 0 Å².